The topological polar surface area (TPSA) is 62.3 Å². The Hall–Kier alpha value is -1.68. The van der Waals surface area contributed by atoms with E-state index < -0.39 is 5.97 Å². The van der Waals surface area contributed by atoms with E-state index in [1.165, 1.54) is 0 Å². The van der Waals surface area contributed by atoms with Crippen molar-refractivity contribution in [2.45, 2.75) is 12.8 Å². The van der Waals surface area contributed by atoms with E-state index in [0.717, 1.165) is 29.3 Å². The Kier molecular flexibility index (Phi) is 2.26. The first-order valence-electron chi connectivity index (χ1n) is 5.37. The molecule has 1 aliphatic rings. The minimum atomic E-state index is -0.970. The van der Waals surface area contributed by atoms with Gasteiger partial charge in [-0.2, -0.15) is 0 Å². The van der Waals surface area contributed by atoms with Crippen LogP contribution >= 0.6 is 11.6 Å². The molecule has 0 aliphatic carbocycles. The highest BCUT2D eigenvalue weighted by Gasteiger charge is 2.20. The summed E-state index contributed by atoms with van der Waals surface area (Å²) in [5.41, 5.74) is 1.97. The molecular weight excluding hydrogens is 242 g/mol. The zero-order valence-corrected chi connectivity index (χ0v) is 9.67. The highest BCUT2D eigenvalue weighted by Crippen LogP contribution is 2.38. The van der Waals surface area contributed by atoms with Crippen LogP contribution in [0.25, 0.3) is 10.9 Å². The van der Waals surface area contributed by atoms with Crippen molar-refractivity contribution in [3.05, 3.63) is 28.4 Å². The zero-order chi connectivity index (χ0) is 12.0. The van der Waals surface area contributed by atoms with Crippen LogP contribution in [0, 0.1) is 0 Å². The molecule has 0 bridgehead atoms. The maximum Gasteiger partial charge on any atom is 0.352 e. The third-order valence-corrected chi connectivity index (χ3v) is 3.25. The van der Waals surface area contributed by atoms with Crippen molar-refractivity contribution in [2.24, 2.45) is 0 Å². The van der Waals surface area contributed by atoms with Gasteiger partial charge in [0.15, 0.2) is 0 Å². The monoisotopic (exact) mass is 251 g/mol. The van der Waals surface area contributed by atoms with Gasteiger partial charge in [-0.25, -0.2) is 4.79 Å². The second-order valence-electron chi connectivity index (χ2n) is 4.07. The van der Waals surface area contributed by atoms with Gasteiger partial charge in [-0.15, -0.1) is 0 Å². The molecule has 5 heteroatoms. The maximum atomic E-state index is 10.9. The predicted octanol–water partition coefficient (Wildman–Crippen LogP) is 2.84. The lowest BCUT2D eigenvalue weighted by molar-refractivity contribution is 0.0691. The molecule has 0 atom stereocenters. The van der Waals surface area contributed by atoms with E-state index >= 15 is 0 Å². The Morgan fingerprint density at radius 2 is 2.29 bits per heavy atom. The number of aromatic carboxylic acids is 1. The third kappa shape index (κ3) is 1.56. The molecule has 1 aromatic heterocycles. The lowest BCUT2D eigenvalue weighted by Gasteiger charge is -2.19. The molecule has 0 amide bonds. The standard InChI is InChI=1S/C12H10ClNO3/c13-8-4-6-5-9(12(15)16)14-10(6)7-2-1-3-17-11(7)8/h4-5,14H,1-3H2,(H,15,16). The molecule has 3 rings (SSSR count). The second kappa shape index (κ2) is 3.67. The number of carboxylic acids is 1. The number of hydrogen-bond acceptors (Lipinski definition) is 2. The first-order chi connectivity index (χ1) is 8.16. The number of aryl methyl sites for hydroxylation is 1. The van der Waals surface area contributed by atoms with E-state index in [4.69, 9.17) is 21.4 Å². The number of aromatic nitrogens is 1. The Bertz CT molecular complexity index is 618. The van der Waals surface area contributed by atoms with E-state index in [9.17, 15) is 4.79 Å². The molecule has 17 heavy (non-hydrogen) atoms. The van der Waals surface area contributed by atoms with Gasteiger partial charge in [-0.05, 0) is 25.0 Å². The summed E-state index contributed by atoms with van der Waals surface area (Å²) in [6, 6.07) is 3.34. The summed E-state index contributed by atoms with van der Waals surface area (Å²) in [4.78, 5) is 13.8. The van der Waals surface area contributed by atoms with Crippen LogP contribution in [0.1, 0.15) is 22.5 Å². The van der Waals surface area contributed by atoms with Gasteiger partial charge >= 0.3 is 5.97 Å². The lowest BCUT2D eigenvalue weighted by atomic mass is 10.0. The van der Waals surface area contributed by atoms with E-state index in [1.54, 1.807) is 12.1 Å². The molecule has 2 aromatic rings. The molecule has 0 unspecified atom stereocenters. The molecule has 0 radical (unpaired) electrons. The number of fused-ring (bicyclic) bond motifs is 3. The Morgan fingerprint density at radius 3 is 3.06 bits per heavy atom. The van der Waals surface area contributed by atoms with E-state index in [2.05, 4.69) is 4.98 Å². The van der Waals surface area contributed by atoms with Crippen molar-refractivity contribution in [3.63, 3.8) is 0 Å². The number of H-pyrrole nitrogens is 1. The Labute approximate surface area is 102 Å². The molecule has 4 nitrogen and oxygen atoms in total. The van der Waals surface area contributed by atoms with Crippen LogP contribution in [0.2, 0.25) is 5.02 Å². The third-order valence-electron chi connectivity index (χ3n) is 2.97. The van der Waals surface area contributed by atoms with Gasteiger partial charge in [0.05, 0.1) is 17.1 Å². The summed E-state index contributed by atoms with van der Waals surface area (Å²) >= 11 is 6.12. The Balaban J connectivity index is 2.31. The summed E-state index contributed by atoms with van der Waals surface area (Å²) in [5.74, 6) is -0.285. The van der Waals surface area contributed by atoms with E-state index in [-0.39, 0.29) is 5.69 Å². The van der Waals surface area contributed by atoms with Gasteiger partial charge in [-0.1, -0.05) is 11.6 Å². The number of halogens is 1. The minimum absolute atomic E-state index is 0.176. The fourth-order valence-electron chi connectivity index (χ4n) is 2.23. The van der Waals surface area contributed by atoms with Crippen LogP contribution in [-0.4, -0.2) is 22.7 Å². The van der Waals surface area contributed by atoms with Crippen LogP contribution in [0.4, 0.5) is 0 Å². The summed E-state index contributed by atoms with van der Waals surface area (Å²) < 4.78 is 5.53. The molecule has 1 aromatic carbocycles. The normalized spacial score (nSPS) is 14.4. The van der Waals surface area contributed by atoms with Crippen molar-refractivity contribution in [2.75, 3.05) is 6.61 Å². The van der Waals surface area contributed by atoms with Crippen molar-refractivity contribution in [3.8, 4) is 5.75 Å². The van der Waals surface area contributed by atoms with Crippen molar-refractivity contribution in [1.29, 1.82) is 0 Å². The number of carbonyl (C=O) groups is 1. The Morgan fingerprint density at radius 1 is 1.47 bits per heavy atom. The van der Waals surface area contributed by atoms with Gasteiger partial charge in [0.1, 0.15) is 11.4 Å². The predicted molar refractivity (Wildman–Crippen MR) is 64.1 cm³/mol. The average Bonchev–Trinajstić information content (AvgIpc) is 2.73. The number of benzene rings is 1. The highest BCUT2D eigenvalue weighted by atomic mass is 35.5. The number of ether oxygens (including phenoxy) is 1. The fraction of sp³-hybridized carbons (Fsp3) is 0.250. The molecule has 0 fully saturated rings. The van der Waals surface area contributed by atoms with Crippen LogP contribution in [-0.2, 0) is 6.42 Å². The summed E-state index contributed by atoms with van der Waals surface area (Å²) in [7, 11) is 0. The zero-order valence-electron chi connectivity index (χ0n) is 8.92. The van der Waals surface area contributed by atoms with Gasteiger partial charge in [-0.3, -0.25) is 0 Å². The van der Waals surface area contributed by atoms with Crippen molar-refractivity contribution < 1.29 is 14.6 Å². The summed E-state index contributed by atoms with van der Waals surface area (Å²) in [6.07, 6.45) is 1.77. The number of carboxylic acid groups (broad SMARTS) is 1. The van der Waals surface area contributed by atoms with Gasteiger partial charge in [0, 0.05) is 10.9 Å². The molecule has 0 saturated carbocycles. The number of rotatable bonds is 1. The van der Waals surface area contributed by atoms with Crippen LogP contribution in [0.3, 0.4) is 0 Å². The number of aromatic amines is 1. The molecule has 2 heterocycles. The smallest absolute Gasteiger partial charge is 0.352 e. The van der Waals surface area contributed by atoms with E-state index in [0.29, 0.717) is 17.4 Å². The highest BCUT2D eigenvalue weighted by molar-refractivity contribution is 6.33. The van der Waals surface area contributed by atoms with Crippen molar-refractivity contribution >= 4 is 28.5 Å². The maximum absolute atomic E-state index is 10.9. The lowest BCUT2D eigenvalue weighted by Crippen LogP contribution is -2.09. The second-order valence-corrected chi connectivity index (χ2v) is 4.48. The SMILES string of the molecule is O=C(O)c1cc2cc(Cl)c3c(c2[nH]1)CCCO3. The molecule has 1 aliphatic heterocycles. The van der Waals surface area contributed by atoms with Crippen LogP contribution < -0.4 is 4.74 Å². The van der Waals surface area contributed by atoms with Gasteiger partial charge in [0.25, 0.3) is 0 Å². The van der Waals surface area contributed by atoms with Gasteiger partial charge in [0.2, 0.25) is 0 Å². The van der Waals surface area contributed by atoms with Crippen molar-refractivity contribution in [1.82, 2.24) is 4.98 Å². The first kappa shape index (κ1) is 10.5. The quantitative estimate of drug-likeness (QED) is 0.819. The molecular formula is C12H10ClNO3. The largest absolute Gasteiger partial charge is 0.492 e. The summed E-state index contributed by atoms with van der Waals surface area (Å²) in [6.45, 7) is 0.657. The number of hydrogen-bond donors (Lipinski definition) is 2. The molecule has 88 valence electrons. The molecule has 2 N–H and O–H groups in total. The minimum Gasteiger partial charge on any atom is -0.492 e. The van der Waals surface area contributed by atoms with Gasteiger partial charge < -0.3 is 14.8 Å². The fourth-order valence-corrected chi connectivity index (χ4v) is 2.51. The number of nitrogens with one attached hydrogen (secondary N) is 1. The van der Waals surface area contributed by atoms with Crippen LogP contribution in [0.5, 0.6) is 5.75 Å². The average molecular weight is 252 g/mol. The molecule has 0 spiro atoms. The molecule has 0 saturated heterocycles. The van der Waals surface area contributed by atoms with Crippen LogP contribution in [0.15, 0.2) is 12.1 Å². The summed E-state index contributed by atoms with van der Waals surface area (Å²) in [5, 5.41) is 10.3. The van der Waals surface area contributed by atoms with E-state index in [1.807, 2.05) is 0 Å². The first-order valence-corrected chi connectivity index (χ1v) is 5.75.